The zero-order chi connectivity index (χ0) is 40.6. The number of para-hydroxylation sites is 1. The SMILES string of the molecule is CC(=O)NC(C(=O)N1CCC[C@H]1c1nc2ccc(-c3cnc(-c4cccc5[nH]c([C@@H]6CCCN6C(=O)[C@H](NC(=O)O)c6ccccc6)nc45)o3)cc2[nH]1)c1ccccc1. The topological polar surface area (TPSA) is 202 Å². The highest BCUT2D eigenvalue weighted by Crippen LogP contribution is 2.38. The molecule has 4 amide bonds. The van der Waals surface area contributed by atoms with E-state index in [0.29, 0.717) is 59.5 Å². The number of fused-ring (bicyclic) bond motifs is 2. The van der Waals surface area contributed by atoms with Gasteiger partial charge in [0, 0.05) is 25.6 Å². The Morgan fingerprint density at radius 2 is 1.36 bits per heavy atom. The molecule has 3 aromatic heterocycles. The van der Waals surface area contributed by atoms with Crippen LogP contribution in [-0.4, -0.2) is 76.7 Å². The molecule has 7 aromatic rings. The Morgan fingerprint density at radius 1 is 0.746 bits per heavy atom. The first kappa shape index (κ1) is 37.3. The minimum absolute atomic E-state index is 0.179. The van der Waals surface area contributed by atoms with Crippen molar-refractivity contribution in [3.63, 3.8) is 0 Å². The molecule has 2 saturated heterocycles. The summed E-state index contributed by atoms with van der Waals surface area (Å²) in [6.45, 7) is 2.43. The summed E-state index contributed by atoms with van der Waals surface area (Å²) >= 11 is 0. The quantitative estimate of drug-likeness (QED) is 0.0969. The van der Waals surface area contributed by atoms with Gasteiger partial charge in [0.2, 0.25) is 17.7 Å². The van der Waals surface area contributed by atoms with Crippen molar-refractivity contribution in [2.45, 2.75) is 56.8 Å². The van der Waals surface area contributed by atoms with Gasteiger partial charge in [-0.25, -0.2) is 19.7 Å². The molecule has 4 atom stereocenters. The van der Waals surface area contributed by atoms with E-state index in [-0.39, 0.29) is 29.8 Å². The standard InChI is InChI=1S/C44H41N9O6/c1-25(54)46-36(26-11-4-2-5-12-26)42(55)52-21-9-17-33(52)39-47-30-20-19-28(23-32(30)49-39)35-24-45-41(59-35)29-15-8-16-31-38(29)50-40(48-31)34-18-10-22-53(34)43(56)37(51-44(57)58)27-13-6-3-7-14-27/h2-8,11-16,19-20,23-24,33-34,36-37,51H,9-10,17-18,21-22H2,1H3,(H,46,54)(H,47,49)(H,48,50)(H,57,58)/t33-,34-,36?,37+/m0/s1. The molecule has 2 aliphatic heterocycles. The van der Waals surface area contributed by atoms with Gasteiger partial charge in [-0.2, -0.15) is 0 Å². The van der Waals surface area contributed by atoms with Crippen molar-refractivity contribution < 1.29 is 28.7 Å². The fourth-order valence-corrected chi connectivity index (χ4v) is 8.41. The molecule has 5 N–H and O–H groups in total. The molecule has 0 saturated carbocycles. The predicted octanol–water partition coefficient (Wildman–Crippen LogP) is 6.97. The normalized spacial score (nSPS) is 17.6. The van der Waals surface area contributed by atoms with E-state index >= 15 is 0 Å². The number of hydrogen-bond acceptors (Lipinski definition) is 8. The van der Waals surface area contributed by atoms with Gasteiger partial charge in [0.25, 0.3) is 5.91 Å². The van der Waals surface area contributed by atoms with E-state index in [1.165, 1.54) is 6.92 Å². The summed E-state index contributed by atoms with van der Waals surface area (Å²) in [6, 6.07) is 27.0. The number of rotatable bonds is 10. The number of H-pyrrole nitrogens is 2. The summed E-state index contributed by atoms with van der Waals surface area (Å²) in [4.78, 5) is 76.5. The van der Waals surface area contributed by atoms with Crippen molar-refractivity contribution in [1.29, 1.82) is 0 Å². The maximum absolute atomic E-state index is 13.9. The summed E-state index contributed by atoms with van der Waals surface area (Å²) in [6.07, 6.45) is 3.33. The molecule has 9 rings (SSSR count). The van der Waals surface area contributed by atoms with Crippen molar-refractivity contribution in [2.24, 2.45) is 0 Å². The number of aromatic nitrogens is 5. The Kier molecular flexibility index (Phi) is 9.84. The van der Waals surface area contributed by atoms with Gasteiger partial charge in [-0.15, -0.1) is 0 Å². The average Bonchev–Trinajstić information content (AvgIpc) is 4.10. The van der Waals surface area contributed by atoms with E-state index in [1.807, 2.05) is 72.8 Å². The Labute approximate surface area is 337 Å². The molecule has 15 nitrogen and oxygen atoms in total. The van der Waals surface area contributed by atoms with Crippen LogP contribution in [0.1, 0.15) is 79.6 Å². The highest BCUT2D eigenvalue weighted by Gasteiger charge is 2.38. The molecule has 5 heterocycles. The maximum Gasteiger partial charge on any atom is 0.405 e. The number of carboxylic acid groups (broad SMARTS) is 1. The van der Waals surface area contributed by atoms with E-state index in [9.17, 15) is 24.3 Å². The highest BCUT2D eigenvalue weighted by atomic mass is 16.4. The number of aromatic amines is 2. The van der Waals surface area contributed by atoms with Gasteiger partial charge in [-0.05, 0) is 67.1 Å². The van der Waals surface area contributed by atoms with Gasteiger partial charge >= 0.3 is 6.09 Å². The van der Waals surface area contributed by atoms with Crippen LogP contribution in [-0.2, 0) is 14.4 Å². The Balaban J connectivity index is 0.957. The maximum atomic E-state index is 13.9. The summed E-state index contributed by atoms with van der Waals surface area (Å²) in [5, 5.41) is 14.8. The van der Waals surface area contributed by atoms with Gasteiger partial charge in [0.1, 0.15) is 29.2 Å². The van der Waals surface area contributed by atoms with Crippen LogP contribution in [0.2, 0.25) is 0 Å². The monoisotopic (exact) mass is 791 g/mol. The molecule has 0 radical (unpaired) electrons. The number of nitrogens with zero attached hydrogens (tertiary/aromatic N) is 5. The summed E-state index contributed by atoms with van der Waals surface area (Å²) in [5.74, 6) is 1.38. The van der Waals surface area contributed by atoms with Gasteiger partial charge in [-0.1, -0.05) is 66.7 Å². The summed E-state index contributed by atoms with van der Waals surface area (Å²) in [5.41, 5.74) is 5.64. The number of likely N-dealkylation sites (tertiary alicyclic amines) is 2. The predicted molar refractivity (Wildman–Crippen MR) is 217 cm³/mol. The molecule has 0 spiro atoms. The van der Waals surface area contributed by atoms with Crippen molar-refractivity contribution >= 4 is 45.9 Å². The van der Waals surface area contributed by atoms with Gasteiger partial charge in [0.05, 0.1) is 40.4 Å². The molecule has 1 unspecified atom stereocenters. The highest BCUT2D eigenvalue weighted by molar-refractivity contribution is 5.91. The van der Waals surface area contributed by atoms with Gasteiger partial charge in [0.15, 0.2) is 5.76 Å². The molecule has 15 heteroatoms. The second kappa shape index (κ2) is 15.6. The summed E-state index contributed by atoms with van der Waals surface area (Å²) in [7, 11) is 0. The number of carbonyl (C=O) groups is 4. The molecular weight excluding hydrogens is 751 g/mol. The van der Waals surface area contributed by atoms with E-state index in [2.05, 4.69) is 25.6 Å². The third kappa shape index (κ3) is 7.26. The fourth-order valence-electron chi connectivity index (χ4n) is 8.41. The number of imidazole rings is 2. The summed E-state index contributed by atoms with van der Waals surface area (Å²) < 4.78 is 6.36. The second-order valence-electron chi connectivity index (χ2n) is 14.9. The minimum Gasteiger partial charge on any atom is -0.465 e. The van der Waals surface area contributed by atoms with Crippen LogP contribution in [0, 0.1) is 0 Å². The van der Waals surface area contributed by atoms with Crippen molar-refractivity contribution in [2.75, 3.05) is 13.1 Å². The van der Waals surface area contributed by atoms with E-state index in [1.54, 1.807) is 40.3 Å². The molecular formula is C44H41N9O6. The zero-order valence-electron chi connectivity index (χ0n) is 32.1. The number of hydrogen-bond donors (Lipinski definition) is 5. The first-order valence-electron chi connectivity index (χ1n) is 19.6. The molecule has 298 valence electrons. The van der Waals surface area contributed by atoms with Gasteiger partial charge in [-0.3, -0.25) is 14.4 Å². The van der Waals surface area contributed by atoms with Crippen LogP contribution >= 0.6 is 0 Å². The zero-order valence-corrected chi connectivity index (χ0v) is 32.1. The lowest BCUT2D eigenvalue weighted by Gasteiger charge is -2.28. The van der Waals surface area contributed by atoms with Crippen LogP contribution in [0.3, 0.4) is 0 Å². The Bertz CT molecular complexity index is 2690. The van der Waals surface area contributed by atoms with E-state index in [0.717, 1.165) is 46.9 Å². The lowest BCUT2D eigenvalue weighted by molar-refractivity contribution is -0.137. The third-order valence-electron chi connectivity index (χ3n) is 11.1. The van der Waals surface area contributed by atoms with Crippen LogP contribution < -0.4 is 10.6 Å². The molecule has 59 heavy (non-hydrogen) atoms. The van der Waals surface area contributed by atoms with Crippen molar-refractivity contribution in [3.05, 3.63) is 126 Å². The molecule has 0 aliphatic carbocycles. The number of benzene rings is 4. The first-order valence-corrected chi connectivity index (χ1v) is 19.6. The van der Waals surface area contributed by atoms with E-state index < -0.39 is 18.2 Å². The number of amides is 4. The number of carbonyl (C=O) groups excluding carboxylic acids is 3. The van der Waals surface area contributed by atoms with Crippen molar-refractivity contribution in [1.82, 2.24) is 45.4 Å². The Hall–Kier alpha value is -7.29. The molecule has 2 fully saturated rings. The average molecular weight is 792 g/mol. The molecule has 0 bridgehead atoms. The molecule has 2 aliphatic rings. The van der Waals surface area contributed by atoms with E-state index in [4.69, 9.17) is 14.4 Å². The number of nitrogens with one attached hydrogen (secondary N) is 4. The van der Waals surface area contributed by atoms with Crippen LogP contribution in [0.25, 0.3) is 44.8 Å². The third-order valence-corrected chi connectivity index (χ3v) is 11.1. The Morgan fingerprint density at radius 3 is 1.98 bits per heavy atom. The lowest BCUT2D eigenvalue weighted by Crippen LogP contribution is -2.42. The van der Waals surface area contributed by atoms with Gasteiger partial charge < -0.3 is 39.9 Å². The molecule has 4 aromatic carbocycles. The van der Waals surface area contributed by atoms with Crippen molar-refractivity contribution in [3.8, 4) is 22.8 Å². The number of oxazole rings is 1. The van der Waals surface area contributed by atoms with Crippen LogP contribution in [0.4, 0.5) is 4.79 Å². The second-order valence-corrected chi connectivity index (χ2v) is 14.9. The lowest BCUT2D eigenvalue weighted by atomic mass is 10.0. The smallest absolute Gasteiger partial charge is 0.405 e. The fraction of sp³-hybridized carbons (Fsp3) is 0.250. The van der Waals surface area contributed by atoms with Crippen LogP contribution in [0.5, 0.6) is 0 Å². The largest absolute Gasteiger partial charge is 0.465 e. The van der Waals surface area contributed by atoms with Crippen LogP contribution in [0.15, 0.2) is 108 Å². The minimum atomic E-state index is -1.28. The first-order chi connectivity index (χ1) is 28.7.